The molecule has 3 aromatic rings. The second-order valence-corrected chi connectivity index (χ2v) is 8.69. The normalized spacial score (nSPS) is 15.6. The lowest BCUT2D eigenvalue weighted by molar-refractivity contribution is 0.346. The Morgan fingerprint density at radius 1 is 1.00 bits per heavy atom. The first kappa shape index (κ1) is 18.8. The molecule has 0 spiro atoms. The van der Waals surface area contributed by atoms with Gasteiger partial charge in [0.1, 0.15) is 0 Å². The van der Waals surface area contributed by atoms with Crippen LogP contribution in [0.3, 0.4) is 0 Å². The molecular weight excluding hydrogens is 376 g/mol. The Morgan fingerprint density at radius 2 is 1.71 bits per heavy atom. The van der Waals surface area contributed by atoms with E-state index in [-0.39, 0.29) is 10.8 Å². The van der Waals surface area contributed by atoms with Gasteiger partial charge in [0.15, 0.2) is 0 Å². The minimum atomic E-state index is -3.61. The summed E-state index contributed by atoms with van der Waals surface area (Å²) in [6.45, 7) is 1.54. The van der Waals surface area contributed by atoms with Gasteiger partial charge in [0, 0.05) is 25.2 Å². The molecule has 0 aliphatic carbocycles. The summed E-state index contributed by atoms with van der Waals surface area (Å²) in [6.07, 6.45) is 2.82. The summed E-state index contributed by atoms with van der Waals surface area (Å²) in [4.78, 5) is 4.63. The molecule has 0 atom stereocenters. The minimum Gasteiger partial charge on any atom is -0.334 e. The Kier molecular flexibility index (Phi) is 5.25. The van der Waals surface area contributed by atoms with Gasteiger partial charge in [0.05, 0.1) is 10.5 Å². The highest BCUT2D eigenvalue weighted by atomic mass is 32.2. The van der Waals surface area contributed by atoms with E-state index in [1.54, 1.807) is 24.3 Å². The molecule has 0 saturated carbocycles. The van der Waals surface area contributed by atoms with Crippen molar-refractivity contribution in [2.45, 2.75) is 30.7 Å². The summed E-state index contributed by atoms with van der Waals surface area (Å²) in [5.41, 5.74) is 7.83. The summed E-state index contributed by atoms with van der Waals surface area (Å²) in [5, 5.41) is 4.03. The number of nitrogens with zero attached hydrogens (tertiary/aromatic N) is 3. The van der Waals surface area contributed by atoms with Crippen LogP contribution >= 0.6 is 0 Å². The molecule has 4 rings (SSSR count). The molecule has 146 valence electrons. The Bertz CT molecular complexity index is 1060. The van der Waals surface area contributed by atoms with E-state index in [0.717, 1.165) is 30.4 Å². The van der Waals surface area contributed by atoms with Crippen LogP contribution in [-0.2, 0) is 16.6 Å². The number of piperidine rings is 1. The van der Waals surface area contributed by atoms with E-state index < -0.39 is 10.0 Å². The number of hydrogen-bond acceptors (Lipinski definition) is 6. The van der Waals surface area contributed by atoms with Crippen LogP contribution in [0.5, 0.6) is 0 Å². The minimum absolute atomic E-state index is 0.189. The van der Waals surface area contributed by atoms with Crippen LogP contribution in [0.4, 0.5) is 0 Å². The number of aromatic nitrogens is 2. The third-order valence-electron chi connectivity index (χ3n) is 4.92. The van der Waals surface area contributed by atoms with Gasteiger partial charge >= 0.3 is 0 Å². The second kappa shape index (κ2) is 7.83. The monoisotopic (exact) mass is 398 g/mol. The predicted molar refractivity (Wildman–Crippen MR) is 106 cm³/mol. The Balaban J connectivity index is 1.70. The van der Waals surface area contributed by atoms with Gasteiger partial charge in [-0.25, -0.2) is 8.42 Å². The van der Waals surface area contributed by atoms with Crippen molar-refractivity contribution in [2.75, 3.05) is 13.1 Å². The summed E-state index contributed by atoms with van der Waals surface area (Å²) in [7, 11) is -3.61. The zero-order chi connectivity index (χ0) is 19.6. The first-order valence-electron chi connectivity index (χ1n) is 9.32. The molecule has 0 unspecified atom stereocenters. The van der Waals surface area contributed by atoms with E-state index in [1.165, 1.54) is 4.31 Å². The van der Waals surface area contributed by atoms with E-state index in [1.807, 2.05) is 24.3 Å². The Morgan fingerprint density at radius 3 is 2.43 bits per heavy atom. The van der Waals surface area contributed by atoms with Gasteiger partial charge in [0.2, 0.25) is 15.8 Å². The van der Waals surface area contributed by atoms with Gasteiger partial charge in [-0.3, -0.25) is 0 Å². The van der Waals surface area contributed by atoms with E-state index in [4.69, 9.17) is 10.3 Å². The van der Waals surface area contributed by atoms with Crippen LogP contribution in [0.2, 0.25) is 0 Å². The lowest BCUT2D eigenvalue weighted by Crippen LogP contribution is -2.35. The lowest BCUT2D eigenvalue weighted by Gasteiger charge is -2.26. The number of benzene rings is 2. The zero-order valence-corrected chi connectivity index (χ0v) is 16.2. The third kappa shape index (κ3) is 3.58. The molecule has 2 aromatic carbocycles. The first-order chi connectivity index (χ1) is 13.6. The van der Waals surface area contributed by atoms with Crippen LogP contribution in [0.1, 0.15) is 24.8 Å². The molecule has 28 heavy (non-hydrogen) atoms. The van der Waals surface area contributed by atoms with Gasteiger partial charge in [-0.15, -0.1) is 0 Å². The SMILES string of the molecule is NCc1ccc(-c2noc(-c3ccccc3S(=O)(=O)N3CCCCC3)n2)cc1. The summed E-state index contributed by atoms with van der Waals surface area (Å²) in [5.74, 6) is 0.595. The van der Waals surface area contributed by atoms with E-state index >= 15 is 0 Å². The van der Waals surface area contributed by atoms with Crippen LogP contribution < -0.4 is 5.73 Å². The van der Waals surface area contributed by atoms with Gasteiger partial charge in [-0.1, -0.05) is 48.0 Å². The molecule has 1 aliphatic heterocycles. The van der Waals surface area contributed by atoms with Crippen LogP contribution in [0, 0.1) is 0 Å². The molecule has 2 N–H and O–H groups in total. The van der Waals surface area contributed by atoms with Crippen molar-refractivity contribution >= 4 is 10.0 Å². The van der Waals surface area contributed by atoms with Crippen molar-refractivity contribution in [3.8, 4) is 22.8 Å². The predicted octanol–water partition coefficient (Wildman–Crippen LogP) is 3.04. The van der Waals surface area contributed by atoms with Gasteiger partial charge in [-0.05, 0) is 30.5 Å². The smallest absolute Gasteiger partial charge is 0.259 e. The summed E-state index contributed by atoms with van der Waals surface area (Å²) < 4.78 is 33.3. The maximum Gasteiger partial charge on any atom is 0.259 e. The van der Waals surface area contributed by atoms with E-state index in [9.17, 15) is 8.42 Å². The van der Waals surface area contributed by atoms with Crippen molar-refractivity contribution in [1.29, 1.82) is 0 Å². The van der Waals surface area contributed by atoms with Gasteiger partial charge in [-0.2, -0.15) is 9.29 Å². The Labute approximate surface area is 164 Å². The molecule has 1 fully saturated rings. The highest BCUT2D eigenvalue weighted by Crippen LogP contribution is 2.31. The lowest BCUT2D eigenvalue weighted by atomic mass is 10.1. The molecule has 2 heterocycles. The molecule has 0 amide bonds. The van der Waals surface area contributed by atoms with Crippen molar-refractivity contribution in [1.82, 2.24) is 14.4 Å². The van der Waals surface area contributed by atoms with Crippen molar-refractivity contribution in [3.63, 3.8) is 0 Å². The number of sulfonamides is 1. The second-order valence-electron chi connectivity index (χ2n) is 6.79. The average molecular weight is 398 g/mol. The van der Waals surface area contributed by atoms with E-state index in [2.05, 4.69) is 10.1 Å². The Hall–Kier alpha value is -2.55. The summed E-state index contributed by atoms with van der Waals surface area (Å²) in [6, 6.07) is 14.3. The molecule has 0 radical (unpaired) electrons. The van der Waals surface area contributed by atoms with Crippen molar-refractivity contribution in [2.24, 2.45) is 5.73 Å². The largest absolute Gasteiger partial charge is 0.334 e. The zero-order valence-electron chi connectivity index (χ0n) is 15.4. The quantitative estimate of drug-likeness (QED) is 0.709. The highest BCUT2D eigenvalue weighted by Gasteiger charge is 2.29. The molecule has 1 aromatic heterocycles. The fraction of sp³-hybridized carbons (Fsp3) is 0.300. The highest BCUT2D eigenvalue weighted by molar-refractivity contribution is 7.89. The number of rotatable bonds is 5. The average Bonchev–Trinajstić information content (AvgIpc) is 3.24. The maximum absolute atomic E-state index is 13.2. The van der Waals surface area contributed by atoms with Crippen molar-refractivity contribution in [3.05, 3.63) is 54.1 Å². The van der Waals surface area contributed by atoms with Gasteiger partial charge < -0.3 is 10.3 Å². The van der Waals surface area contributed by atoms with Crippen LogP contribution in [0.15, 0.2) is 57.9 Å². The van der Waals surface area contributed by atoms with Gasteiger partial charge in [0.25, 0.3) is 5.89 Å². The molecule has 1 saturated heterocycles. The number of hydrogen-bond donors (Lipinski definition) is 1. The fourth-order valence-electron chi connectivity index (χ4n) is 3.35. The molecule has 8 heteroatoms. The fourth-order valence-corrected chi connectivity index (χ4v) is 5.05. The molecular formula is C20H22N4O3S. The van der Waals surface area contributed by atoms with Crippen molar-refractivity contribution < 1.29 is 12.9 Å². The first-order valence-corrected chi connectivity index (χ1v) is 10.8. The standard InChI is InChI=1S/C20H22N4O3S/c21-14-15-8-10-16(11-9-15)19-22-20(27-23-19)17-6-2-3-7-18(17)28(25,26)24-12-4-1-5-13-24/h2-3,6-11H,1,4-5,12-14,21H2. The third-order valence-corrected chi connectivity index (χ3v) is 6.88. The van der Waals surface area contributed by atoms with E-state index in [0.29, 0.717) is 31.0 Å². The topological polar surface area (TPSA) is 102 Å². The molecule has 1 aliphatic rings. The van der Waals surface area contributed by atoms with Crippen LogP contribution in [0.25, 0.3) is 22.8 Å². The molecule has 7 nitrogen and oxygen atoms in total. The maximum atomic E-state index is 13.2. The molecule has 0 bridgehead atoms. The summed E-state index contributed by atoms with van der Waals surface area (Å²) >= 11 is 0. The van der Waals surface area contributed by atoms with Crippen LogP contribution in [-0.4, -0.2) is 36.0 Å². The number of nitrogens with two attached hydrogens (primary N) is 1.